The molecule has 0 radical (unpaired) electrons. The van der Waals surface area contributed by atoms with E-state index in [0.717, 1.165) is 17.3 Å². The highest BCUT2D eigenvalue weighted by molar-refractivity contribution is 7.89. The van der Waals surface area contributed by atoms with Crippen molar-refractivity contribution >= 4 is 20.7 Å². The molecule has 0 bridgehead atoms. The number of rotatable bonds is 2. The number of nitrogens with zero attached hydrogens (tertiary/aromatic N) is 1. The van der Waals surface area contributed by atoms with Gasteiger partial charge in [0.15, 0.2) is 15.3 Å². The van der Waals surface area contributed by atoms with E-state index in [1.807, 2.05) is 30.7 Å². The van der Waals surface area contributed by atoms with Crippen molar-refractivity contribution in [3.8, 4) is 0 Å². The van der Waals surface area contributed by atoms with Crippen LogP contribution < -0.4 is 5.43 Å². The van der Waals surface area contributed by atoms with E-state index in [2.05, 4.69) is 0 Å². The summed E-state index contributed by atoms with van der Waals surface area (Å²) in [5.41, 5.74) is 1.97. The molecule has 18 heavy (non-hydrogen) atoms. The Hall–Kier alpha value is -1.62. The molecule has 0 saturated heterocycles. The topological polar surface area (TPSA) is 56.1 Å². The van der Waals surface area contributed by atoms with E-state index in [1.165, 1.54) is 0 Å². The van der Waals surface area contributed by atoms with Crippen LogP contribution in [0.15, 0.2) is 29.2 Å². The third-order valence-corrected chi connectivity index (χ3v) is 3.73. The number of fused-ring (bicyclic) bond motifs is 1. The van der Waals surface area contributed by atoms with Crippen molar-refractivity contribution in [3.63, 3.8) is 0 Å². The van der Waals surface area contributed by atoms with E-state index >= 15 is 0 Å². The van der Waals surface area contributed by atoms with Gasteiger partial charge in [-0.1, -0.05) is 12.1 Å². The molecule has 0 atom stereocenters. The number of benzene rings is 1. The highest BCUT2D eigenvalue weighted by atomic mass is 32.2. The normalized spacial score (nSPS) is 11.9. The molecule has 1 heterocycles. The van der Waals surface area contributed by atoms with Crippen molar-refractivity contribution in [2.75, 3.05) is 6.26 Å². The molecule has 2 aromatic rings. The molecule has 0 spiro atoms. The van der Waals surface area contributed by atoms with Crippen molar-refractivity contribution in [2.24, 2.45) is 7.05 Å². The largest absolute Gasteiger partial charge is 0.350 e. The SMILES string of the molecule is Cc1cccc2c(=O)c(CS(C)(=O)=O)cn(C)c12. The summed E-state index contributed by atoms with van der Waals surface area (Å²) >= 11 is 0. The third-order valence-electron chi connectivity index (χ3n) is 2.89. The smallest absolute Gasteiger partial charge is 0.193 e. The van der Waals surface area contributed by atoms with Crippen molar-refractivity contribution in [1.82, 2.24) is 4.57 Å². The molecular weight excluding hydrogens is 250 g/mol. The number of hydrogen-bond donors (Lipinski definition) is 0. The highest BCUT2D eigenvalue weighted by Gasteiger charge is 2.13. The predicted molar refractivity (Wildman–Crippen MR) is 72.5 cm³/mol. The second kappa shape index (κ2) is 4.24. The van der Waals surface area contributed by atoms with Gasteiger partial charge in [-0.15, -0.1) is 0 Å². The van der Waals surface area contributed by atoms with Crippen molar-refractivity contribution in [3.05, 3.63) is 45.7 Å². The van der Waals surface area contributed by atoms with Crippen LogP contribution in [0.1, 0.15) is 11.1 Å². The zero-order valence-electron chi connectivity index (χ0n) is 10.6. The molecule has 5 heteroatoms. The Morgan fingerprint density at radius 2 is 1.94 bits per heavy atom. The van der Waals surface area contributed by atoms with Gasteiger partial charge in [0.25, 0.3) is 0 Å². The van der Waals surface area contributed by atoms with Crippen LogP contribution in [-0.2, 0) is 22.6 Å². The minimum atomic E-state index is -3.21. The van der Waals surface area contributed by atoms with Crippen molar-refractivity contribution in [1.29, 1.82) is 0 Å². The average Bonchev–Trinajstić information content (AvgIpc) is 2.23. The lowest BCUT2D eigenvalue weighted by Crippen LogP contribution is -2.17. The van der Waals surface area contributed by atoms with Crippen LogP contribution in [0.3, 0.4) is 0 Å². The standard InChI is InChI=1S/C13H15NO3S/c1-9-5-4-6-11-12(9)14(2)7-10(13(11)15)8-18(3,16)17/h4-7H,8H2,1-3H3. The van der Waals surface area contributed by atoms with Gasteiger partial charge in [0.05, 0.1) is 11.3 Å². The first-order chi connectivity index (χ1) is 8.29. The van der Waals surface area contributed by atoms with Crippen LogP contribution in [0.25, 0.3) is 10.9 Å². The fourth-order valence-corrected chi connectivity index (χ4v) is 3.00. The molecule has 1 aromatic carbocycles. The van der Waals surface area contributed by atoms with Gasteiger partial charge in [-0.3, -0.25) is 4.79 Å². The van der Waals surface area contributed by atoms with Crippen LogP contribution in [0.5, 0.6) is 0 Å². The lowest BCUT2D eigenvalue weighted by Gasteiger charge is -2.10. The molecule has 0 aliphatic heterocycles. The molecule has 0 amide bonds. The van der Waals surface area contributed by atoms with Gasteiger partial charge in [0, 0.05) is 30.4 Å². The molecule has 96 valence electrons. The summed E-state index contributed by atoms with van der Waals surface area (Å²) in [5.74, 6) is -0.219. The van der Waals surface area contributed by atoms with Crippen LogP contribution in [-0.4, -0.2) is 19.2 Å². The maximum Gasteiger partial charge on any atom is 0.193 e. The van der Waals surface area contributed by atoms with E-state index in [4.69, 9.17) is 0 Å². The first-order valence-corrected chi connectivity index (χ1v) is 7.61. The lowest BCUT2D eigenvalue weighted by atomic mass is 10.1. The average molecular weight is 265 g/mol. The monoisotopic (exact) mass is 265 g/mol. The van der Waals surface area contributed by atoms with E-state index in [1.54, 1.807) is 12.3 Å². The Balaban J connectivity index is 2.82. The minimum absolute atomic E-state index is 0.197. The van der Waals surface area contributed by atoms with Gasteiger partial charge in [0.1, 0.15) is 0 Å². The molecule has 0 saturated carbocycles. The zero-order chi connectivity index (χ0) is 13.5. The third kappa shape index (κ3) is 2.31. The summed E-state index contributed by atoms with van der Waals surface area (Å²) in [5, 5.41) is 0.568. The first kappa shape index (κ1) is 12.8. The fraction of sp³-hybridized carbons (Fsp3) is 0.308. The van der Waals surface area contributed by atoms with E-state index < -0.39 is 9.84 Å². The Labute approximate surface area is 106 Å². The van der Waals surface area contributed by atoms with Gasteiger partial charge >= 0.3 is 0 Å². The Bertz CT molecular complexity index is 773. The molecule has 0 aliphatic carbocycles. The number of pyridine rings is 1. The summed E-state index contributed by atoms with van der Waals surface area (Å²) in [4.78, 5) is 12.2. The molecule has 2 rings (SSSR count). The molecular formula is C13H15NO3S. The van der Waals surface area contributed by atoms with Gasteiger partial charge in [0.2, 0.25) is 0 Å². The van der Waals surface area contributed by atoms with Crippen LogP contribution in [0.4, 0.5) is 0 Å². The molecule has 4 nitrogen and oxygen atoms in total. The maximum absolute atomic E-state index is 12.2. The Morgan fingerprint density at radius 3 is 2.56 bits per heavy atom. The van der Waals surface area contributed by atoms with E-state index in [-0.39, 0.29) is 11.2 Å². The van der Waals surface area contributed by atoms with Gasteiger partial charge in [-0.2, -0.15) is 0 Å². The number of sulfone groups is 1. The summed E-state index contributed by atoms with van der Waals surface area (Å²) < 4.78 is 24.5. The summed E-state index contributed by atoms with van der Waals surface area (Å²) in [7, 11) is -1.39. The lowest BCUT2D eigenvalue weighted by molar-refractivity contribution is 0.601. The van der Waals surface area contributed by atoms with E-state index in [0.29, 0.717) is 10.9 Å². The number of aryl methyl sites for hydroxylation is 2. The maximum atomic E-state index is 12.2. The number of para-hydroxylation sites is 1. The van der Waals surface area contributed by atoms with Gasteiger partial charge in [-0.05, 0) is 18.6 Å². The predicted octanol–water partition coefficient (Wildman–Crippen LogP) is 1.39. The Morgan fingerprint density at radius 1 is 1.28 bits per heavy atom. The van der Waals surface area contributed by atoms with E-state index in [9.17, 15) is 13.2 Å². The summed E-state index contributed by atoms with van der Waals surface area (Å²) in [6.45, 7) is 1.93. The second-order valence-corrected chi connectivity index (χ2v) is 6.78. The summed E-state index contributed by atoms with van der Waals surface area (Å²) in [6, 6.07) is 5.47. The molecule has 0 aliphatic rings. The number of hydrogen-bond acceptors (Lipinski definition) is 3. The minimum Gasteiger partial charge on any atom is -0.350 e. The molecule has 0 fully saturated rings. The van der Waals surface area contributed by atoms with Gasteiger partial charge < -0.3 is 4.57 Å². The van der Waals surface area contributed by atoms with Crippen LogP contribution >= 0.6 is 0 Å². The highest BCUT2D eigenvalue weighted by Crippen LogP contribution is 2.16. The van der Waals surface area contributed by atoms with Gasteiger partial charge in [-0.25, -0.2) is 8.42 Å². The quantitative estimate of drug-likeness (QED) is 0.824. The van der Waals surface area contributed by atoms with Crippen molar-refractivity contribution < 1.29 is 8.42 Å². The van der Waals surface area contributed by atoms with Crippen LogP contribution in [0.2, 0.25) is 0 Å². The molecule has 1 aromatic heterocycles. The second-order valence-electron chi connectivity index (χ2n) is 4.64. The fourth-order valence-electron chi connectivity index (χ4n) is 2.23. The molecule has 0 unspecified atom stereocenters. The van der Waals surface area contributed by atoms with Crippen molar-refractivity contribution in [2.45, 2.75) is 12.7 Å². The first-order valence-electron chi connectivity index (χ1n) is 5.55. The number of aromatic nitrogens is 1. The summed E-state index contributed by atoms with van der Waals surface area (Å²) in [6.07, 6.45) is 2.74. The van der Waals surface area contributed by atoms with Crippen LogP contribution in [0, 0.1) is 6.92 Å². The molecule has 0 N–H and O–H groups in total. The Kier molecular flexibility index (Phi) is 3.02. The zero-order valence-corrected chi connectivity index (χ0v) is 11.4.